The molecule has 2 saturated heterocycles. The molecule has 0 aromatic heterocycles. The zero-order valence-corrected chi connectivity index (χ0v) is 18.5. The third kappa shape index (κ3) is 5.28. The Labute approximate surface area is 185 Å². The van der Waals surface area contributed by atoms with E-state index in [0.717, 1.165) is 23.5 Å². The molecule has 0 aliphatic carbocycles. The predicted molar refractivity (Wildman–Crippen MR) is 124 cm³/mol. The fraction of sp³-hybridized carbons (Fsp3) is 0.500. The SMILES string of the molecule is C[C@@H]1CCCCN1CCOc1ccc(NC(=O)C2(c3ccccc3)CCOCC2)cc1. The fourth-order valence-corrected chi connectivity index (χ4v) is 4.78. The van der Waals surface area contributed by atoms with E-state index in [4.69, 9.17) is 9.47 Å². The molecule has 0 unspecified atom stereocenters. The number of hydrogen-bond acceptors (Lipinski definition) is 4. The number of nitrogens with one attached hydrogen (secondary N) is 1. The topological polar surface area (TPSA) is 50.8 Å². The van der Waals surface area contributed by atoms with Crippen LogP contribution in [0.1, 0.15) is 44.6 Å². The maximum Gasteiger partial charge on any atom is 0.235 e. The number of carbonyl (C=O) groups excluding carboxylic acids is 1. The van der Waals surface area contributed by atoms with Crippen LogP contribution in [-0.2, 0) is 14.9 Å². The summed E-state index contributed by atoms with van der Waals surface area (Å²) in [6, 6.07) is 18.5. The molecule has 0 spiro atoms. The van der Waals surface area contributed by atoms with E-state index in [1.807, 2.05) is 54.6 Å². The van der Waals surface area contributed by atoms with Gasteiger partial charge in [-0.15, -0.1) is 0 Å². The number of carbonyl (C=O) groups is 1. The normalized spacial score (nSPS) is 21.4. The van der Waals surface area contributed by atoms with Gasteiger partial charge in [0.25, 0.3) is 0 Å². The van der Waals surface area contributed by atoms with E-state index >= 15 is 0 Å². The number of ether oxygens (including phenoxy) is 2. The summed E-state index contributed by atoms with van der Waals surface area (Å²) in [4.78, 5) is 15.9. The fourth-order valence-electron chi connectivity index (χ4n) is 4.78. The van der Waals surface area contributed by atoms with Crippen LogP contribution in [0.25, 0.3) is 0 Å². The zero-order valence-electron chi connectivity index (χ0n) is 18.5. The highest BCUT2D eigenvalue weighted by Crippen LogP contribution is 2.36. The Kier molecular flexibility index (Phi) is 7.25. The minimum Gasteiger partial charge on any atom is -0.492 e. The van der Waals surface area contributed by atoms with Crippen LogP contribution in [0.3, 0.4) is 0 Å². The largest absolute Gasteiger partial charge is 0.492 e. The summed E-state index contributed by atoms with van der Waals surface area (Å²) in [6.07, 6.45) is 5.29. The van der Waals surface area contributed by atoms with Crippen LogP contribution in [0, 0.1) is 0 Å². The molecule has 2 heterocycles. The van der Waals surface area contributed by atoms with Crippen molar-refractivity contribution in [3.8, 4) is 5.75 Å². The molecule has 1 N–H and O–H groups in total. The second-order valence-corrected chi connectivity index (χ2v) is 8.77. The Hall–Kier alpha value is -2.37. The lowest BCUT2D eigenvalue weighted by Gasteiger charge is -2.36. The first-order valence-corrected chi connectivity index (χ1v) is 11.6. The number of anilines is 1. The van der Waals surface area contributed by atoms with Gasteiger partial charge in [-0.1, -0.05) is 36.8 Å². The molecule has 2 aliphatic heterocycles. The lowest BCUT2D eigenvalue weighted by Crippen LogP contribution is -2.44. The van der Waals surface area contributed by atoms with Gasteiger partial charge < -0.3 is 14.8 Å². The van der Waals surface area contributed by atoms with Crippen molar-refractivity contribution in [3.05, 3.63) is 60.2 Å². The number of rotatable bonds is 7. The van der Waals surface area contributed by atoms with Crippen molar-refractivity contribution in [2.24, 2.45) is 0 Å². The summed E-state index contributed by atoms with van der Waals surface area (Å²) in [5, 5.41) is 3.13. The standard InChI is InChI=1S/C26H34N2O3/c1-21-7-5-6-16-28(21)17-20-31-24-12-10-23(11-13-24)27-25(29)26(14-18-30-19-15-26)22-8-3-2-4-9-22/h2-4,8-13,21H,5-7,14-20H2,1H3,(H,27,29)/t21-/m1/s1. The molecule has 1 amide bonds. The van der Waals surface area contributed by atoms with E-state index < -0.39 is 5.41 Å². The van der Waals surface area contributed by atoms with Gasteiger partial charge in [-0.25, -0.2) is 0 Å². The van der Waals surface area contributed by atoms with Crippen molar-refractivity contribution < 1.29 is 14.3 Å². The van der Waals surface area contributed by atoms with E-state index in [0.29, 0.717) is 38.7 Å². The van der Waals surface area contributed by atoms with Gasteiger partial charge in [0.15, 0.2) is 0 Å². The number of nitrogens with zero attached hydrogens (tertiary/aromatic N) is 1. The van der Waals surface area contributed by atoms with Crippen LogP contribution in [0.5, 0.6) is 5.75 Å². The Morgan fingerprint density at radius 3 is 2.55 bits per heavy atom. The van der Waals surface area contributed by atoms with E-state index in [-0.39, 0.29) is 5.91 Å². The molecule has 0 saturated carbocycles. The highest BCUT2D eigenvalue weighted by molar-refractivity contribution is 5.99. The molecule has 166 valence electrons. The minimum atomic E-state index is -0.542. The van der Waals surface area contributed by atoms with E-state index in [9.17, 15) is 4.79 Å². The molecule has 0 bridgehead atoms. The smallest absolute Gasteiger partial charge is 0.235 e. The molecule has 5 nitrogen and oxygen atoms in total. The average Bonchev–Trinajstić information content (AvgIpc) is 2.82. The average molecular weight is 423 g/mol. The van der Waals surface area contributed by atoms with Crippen molar-refractivity contribution in [2.75, 3.05) is 38.2 Å². The first kappa shape index (κ1) is 21.8. The van der Waals surface area contributed by atoms with E-state index in [1.165, 1.54) is 25.8 Å². The molecular weight excluding hydrogens is 388 g/mol. The second-order valence-electron chi connectivity index (χ2n) is 8.77. The maximum atomic E-state index is 13.3. The predicted octanol–water partition coefficient (Wildman–Crippen LogP) is 4.63. The molecule has 2 fully saturated rings. The Morgan fingerprint density at radius 1 is 1.10 bits per heavy atom. The molecule has 5 heteroatoms. The van der Waals surface area contributed by atoms with Gasteiger partial charge in [-0.2, -0.15) is 0 Å². The number of benzene rings is 2. The molecule has 2 aromatic rings. The van der Waals surface area contributed by atoms with Crippen LogP contribution in [0.2, 0.25) is 0 Å². The monoisotopic (exact) mass is 422 g/mol. The van der Waals surface area contributed by atoms with Crippen LogP contribution in [0.4, 0.5) is 5.69 Å². The van der Waals surface area contributed by atoms with Gasteiger partial charge in [0.2, 0.25) is 5.91 Å². The lowest BCUT2D eigenvalue weighted by atomic mass is 9.73. The van der Waals surface area contributed by atoms with Crippen molar-refractivity contribution in [1.82, 2.24) is 4.90 Å². The quantitative estimate of drug-likeness (QED) is 0.707. The van der Waals surface area contributed by atoms with Crippen molar-refractivity contribution >= 4 is 11.6 Å². The number of likely N-dealkylation sites (tertiary alicyclic amines) is 1. The number of amides is 1. The first-order chi connectivity index (χ1) is 15.2. The maximum absolute atomic E-state index is 13.3. The van der Waals surface area contributed by atoms with Crippen molar-refractivity contribution in [2.45, 2.75) is 50.5 Å². The first-order valence-electron chi connectivity index (χ1n) is 11.6. The summed E-state index contributed by atoms with van der Waals surface area (Å²) in [5.41, 5.74) is 1.31. The highest BCUT2D eigenvalue weighted by atomic mass is 16.5. The Balaban J connectivity index is 1.35. The van der Waals surface area contributed by atoms with Crippen LogP contribution in [-0.4, -0.2) is 49.8 Å². The summed E-state index contributed by atoms with van der Waals surface area (Å²) >= 11 is 0. The van der Waals surface area contributed by atoms with Crippen molar-refractivity contribution in [1.29, 1.82) is 0 Å². The summed E-state index contributed by atoms with van der Waals surface area (Å²) in [7, 11) is 0. The Morgan fingerprint density at radius 2 is 1.84 bits per heavy atom. The van der Waals surface area contributed by atoms with Crippen molar-refractivity contribution in [3.63, 3.8) is 0 Å². The van der Waals surface area contributed by atoms with Gasteiger partial charge >= 0.3 is 0 Å². The third-order valence-electron chi connectivity index (χ3n) is 6.81. The van der Waals surface area contributed by atoms with E-state index in [2.05, 4.69) is 17.1 Å². The summed E-state index contributed by atoms with van der Waals surface area (Å²) in [5.74, 6) is 0.876. The van der Waals surface area contributed by atoms with Gasteiger partial charge in [0.1, 0.15) is 12.4 Å². The molecule has 4 rings (SSSR count). The van der Waals surface area contributed by atoms with Gasteiger partial charge in [0.05, 0.1) is 5.41 Å². The lowest BCUT2D eigenvalue weighted by molar-refractivity contribution is -0.125. The highest BCUT2D eigenvalue weighted by Gasteiger charge is 2.41. The van der Waals surface area contributed by atoms with Gasteiger partial charge in [-0.3, -0.25) is 9.69 Å². The van der Waals surface area contributed by atoms with Crippen LogP contribution < -0.4 is 10.1 Å². The zero-order chi connectivity index (χ0) is 21.5. The third-order valence-corrected chi connectivity index (χ3v) is 6.81. The molecule has 0 radical (unpaired) electrons. The molecule has 2 aromatic carbocycles. The summed E-state index contributed by atoms with van der Waals surface area (Å²) < 4.78 is 11.5. The van der Waals surface area contributed by atoms with Crippen LogP contribution >= 0.6 is 0 Å². The van der Waals surface area contributed by atoms with E-state index in [1.54, 1.807) is 0 Å². The summed E-state index contributed by atoms with van der Waals surface area (Å²) in [6.45, 7) is 6.32. The van der Waals surface area contributed by atoms with Gasteiger partial charge in [-0.05, 0) is 69.0 Å². The van der Waals surface area contributed by atoms with Gasteiger partial charge in [0, 0.05) is 31.5 Å². The number of hydrogen-bond donors (Lipinski definition) is 1. The molecule has 31 heavy (non-hydrogen) atoms. The molecule has 1 atom stereocenters. The minimum absolute atomic E-state index is 0.0368. The van der Waals surface area contributed by atoms with Crippen LogP contribution in [0.15, 0.2) is 54.6 Å². The molecule has 2 aliphatic rings. The Bertz CT molecular complexity index is 831. The second kappa shape index (κ2) is 10.3. The molecular formula is C26H34N2O3. The number of piperidine rings is 1.